The summed E-state index contributed by atoms with van der Waals surface area (Å²) in [4.78, 5) is 29.4. The maximum Gasteiger partial charge on any atom is 0.288 e. The van der Waals surface area contributed by atoms with Crippen LogP contribution in [0.15, 0.2) is 35.1 Å². The van der Waals surface area contributed by atoms with E-state index in [2.05, 4.69) is 16.9 Å². The fourth-order valence-electron chi connectivity index (χ4n) is 4.75. The molecule has 0 unspecified atom stereocenters. The topological polar surface area (TPSA) is 88.5 Å². The number of nitro groups is 1. The van der Waals surface area contributed by atoms with E-state index in [0.717, 1.165) is 36.1 Å². The van der Waals surface area contributed by atoms with Crippen molar-refractivity contribution >= 4 is 28.2 Å². The molecule has 1 aliphatic heterocycles. The molecule has 8 heteroatoms. The third-order valence-corrected chi connectivity index (χ3v) is 6.66. The van der Waals surface area contributed by atoms with E-state index in [1.807, 2.05) is 32.0 Å². The Morgan fingerprint density at radius 2 is 1.91 bits per heavy atom. The lowest BCUT2D eigenvalue weighted by Crippen LogP contribution is -2.37. The van der Waals surface area contributed by atoms with Crippen LogP contribution in [0.5, 0.6) is 5.75 Å². The number of hydrogen-bond donors (Lipinski definition) is 1. The zero-order valence-corrected chi connectivity index (χ0v) is 19.9. The van der Waals surface area contributed by atoms with Crippen LogP contribution in [-0.2, 0) is 0 Å². The number of aromatic amines is 1. The van der Waals surface area contributed by atoms with Crippen LogP contribution in [-0.4, -0.2) is 41.0 Å². The normalized spacial score (nSPS) is 16.8. The SMILES string of the molecule is Cc1cc(C)cc(-c2c(OCC[C@H]3CCCCN3C)c3cc([N+](=O)[O-])c(Cl)cc3[nH]c2=O)c1. The van der Waals surface area contributed by atoms with Crippen molar-refractivity contribution in [3.05, 3.63) is 66.9 Å². The lowest BCUT2D eigenvalue weighted by molar-refractivity contribution is -0.384. The predicted molar refractivity (Wildman–Crippen MR) is 132 cm³/mol. The lowest BCUT2D eigenvalue weighted by Gasteiger charge is -2.32. The highest BCUT2D eigenvalue weighted by Gasteiger charge is 2.23. The smallest absolute Gasteiger partial charge is 0.288 e. The summed E-state index contributed by atoms with van der Waals surface area (Å²) in [5, 5.41) is 12.0. The first kappa shape index (κ1) is 23.3. The van der Waals surface area contributed by atoms with Crippen LogP contribution in [0.2, 0.25) is 5.02 Å². The van der Waals surface area contributed by atoms with E-state index < -0.39 is 4.92 Å². The molecule has 0 aliphatic carbocycles. The molecule has 0 amide bonds. The highest BCUT2D eigenvalue weighted by Crippen LogP contribution is 2.38. The number of aromatic nitrogens is 1. The van der Waals surface area contributed by atoms with Crippen molar-refractivity contribution in [1.29, 1.82) is 0 Å². The first-order valence-electron chi connectivity index (χ1n) is 11.2. The van der Waals surface area contributed by atoms with E-state index in [9.17, 15) is 14.9 Å². The number of nitro benzene ring substituents is 1. The Morgan fingerprint density at radius 3 is 2.58 bits per heavy atom. The second-order valence-electron chi connectivity index (χ2n) is 8.91. The van der Waals surface area contributed by atoms with E-state index in [4.69, 9.17) is 16.3 Å². The summed E-state index contributed by atoms with van der Waals surface area (Å²) in [6.45, 7) is 5.41. The average Bonchev–Trinajstić information content (AvgIpc) is 2.73. The first-order chi connectivity index (χ1) is 15.7. The van der Waals surface area contributed by atoms with Crippen molar-refractivity contribution in [3.63, 3.8) is 0 Å². The van der Waals surface area contributed by atoms with Crippen molar-refractivity contribution in [2.45, 2.75) is 45.6 Å². The molecule has 1 fully saturated rings. The van der Waals surface area contributed by atoms with E-state index in [1.165, 1.54) is 25.0 Å². The molecule has 1 atom stereocenters. The fourth-order valence-corrected chi connectivity index (χ4v) is 4.99. The fraction of sp³-hybridized carbons (Fsp3) is 0.400. The van der Waals surface area contributed by atoms with Crippen LogP contribution in [0.25, 0.3) is 22.0 Å². The maximum absolute atomic E-state index is 13.2. The van der Waals surface area contributed by atoms with Crippen molar-refractivity contribution in [2.75, 3.05) is 20.2 Å². The summed E-state index contributed by atoms with van der Waals surface area (Å²) in [7, 11) is 2.12. The average molecular weight is 470 g/mol. The van der Waals surface area contributed by atoms with Crippen LogP contribution in [0.3, 0.4) is 0 Å². The molecule has 0 saturated carbocycles. The minimum Gasteiger partial charge on any atom is -0.492 e. The van der Waals surface area contributed by atoms with Gasteiger partial charge < -0.3 is 14.6 Å². The maximum atomic E-state index is 13.2. The predicted octanol–water partition coefficient (Wildman–Crippen LogP) is 5.63. The largest absolute Gasteiger partial charge is 0.492 e. The first-order valence-corrected chi connectivity index (χ1v) is 11.6. The Bertz CT molecular complexity index is 1250. The molecule has 2 aromatic carbocycles. The number of halogens is 1. The Labute approximate surface area is 197 Å². The molecule has 1 aliphatic rings. The lowest BCUT2D eigenvalue weighted by atomic mass is 9.99. The number of H-pyrrole nitrogens is 1. The summed E-state index contributed by atoms with van der Waals surface area (Å²) in [6, 6.07) is 9.11. The van der Waals surface area contributed by atoms with Gasteiger partial charge >= 0.3 is 0 Å². The van der Waals surface area contributed by atoms with Gasteiger partial charge in [0.2, 0.25) is 0 Å². The molecule has 2 heterocycles. The van der Waals surface area contributed by atoms with E-state index in [1.54, 1.807) is 0 Å². The van der Waals surface area contributed by atoms with Crippen LogP contribution in [0, 0.1) is 24.0 Å². The number of pyridine rings is 1. The summed E-state index contributed by atoms with van der Waals surface area (Å²) in [5.74, 6) is 0.358. The van der Waals surface area contributed by atoms with Gasteiger partial charge in [0.25, 0.3) is 11.2 Å². The molecule has 4 rings (SSSR count). The standard InChI is InChI=1S/C25H28ClN3O4/c1-15-10-16(2)12-17(11-15)23-24(33-9-7-18-6-4-5-8-28(18)3)19-13-22(29(31)32)20(26)14-21(19)27-25(23)30/h10-14,18H,4-9H2,1-3H3,(H,27,30)/t18-/m1/s1. The van der Waals surface area contributed by atoms with Gasteiger partial charge in [-0.25, -0.2) is 0 Å². The van der Waals surface area contributed by atoms with Gasteiger partial charge in [0, 0.05) is 17.5 Å². The van der Waals surface area contributed by atoms with Crippen molar-refractivity contribution < 1.29 is 9.66 Å². The van der Waals surface area contributed by atoms with Gasteiger partial charge in [0.15, 0.2) is 0 Å². The Morgan fingerprint density at radius 1 is 1.18 bits per heavy atom. The summed E-state index contributed by atoms with van der Waals surface area (Å²) < 4.78 is 6.28. The monoisotopic (exact) mass is 469 g/mol. The molecule has 7 nitrogen and oxygen atoms in total. The number of nitrogens with zero attached hydrogens (tertiary/aromatic N) is 2. The van der Waals surface area contributed by atoms with Crippen LogP contribution in [0.1, 0.15) is 36.8 Å². The third kappa shape index (κ3) is 4.89. The number of hydrogen-bond acceptors (Lipinski definition) is 5. The van der Waals surface area contributed by atoms with E-state index in [-0.39, 0.29) is 16.3 Å². The molecule has 0 spiro atoms. The van der Waals surface area contributed by atoms with Gasteiger partial charge in [0.1, 0.15) is 10.8 Å². The second-order valence-corrected chi connectivity index (χ2v) is 9.32. The Balaban J connectivity index is 1.84. The highest BCUT2D eigenvalue weighted by molar-refractivity contribution is 6.33. The van der Waals surface area contributed by atoms with Crippen LogP contribution >= 0.6 is 11.6 Å². The molecule has 174 valence electrons. The molecule has 3 aromatic rings. The number of fused-ring (bicyclic) bond motifs is 1. The zero-order valence-electron chi connectivity index (χ0n) is 19.1. The molecule has 1 N–H and O–H groups in total. The van der Waals surface area contributed by atoms with E-state index >= 15 is 0 Å². The van der Waals surface area contributed by atoms with Gasteiger partial charge in [-0.15, -0.1) is 0 Å². The third-order valence-electron chi connectivity index (χ3n) is 6.36. The number of ether oxygens (including phenoxy) is 1. The molecule has 0 bridgehead atoms. The minimum absolute atomic E-state index is 0.0305. The number of aryl methyl sites for hydroxylation is 2. The van der Waals surface area contributed by atoms with Gasteiger partial charge in [0.05, 0.1) is 22.6 Å². The number of benzene rings is 2. The van der Waals surface area contributed by atoms with Gasteiger partial charge in [-0.1, -0.05) is 47.3 Å². The van der Waals surface area contributed by atoms with Gasteiger partial charge in [-0.2, -0.15) is 0 Å². The Kier molecular flexibility index (Phi) is 6.72. The number of nitrogens with one attached hydrogen (secondary N) is 1. The molecule has 33 heavy (non-hydrogen) atoms. The molecule has 1 aromatic heterocycles. The van der Waals surface area contributed by atoms with Crippen molar-refractivity contribution in [1.82, 2.24) is 9.88 Å². The number of piperidine rings is 1. The molecule has 1 saturated heterocycles. The molecule has 0 radical (unpaired) electrons. The summed E-state index contributed by atoms with van der Waals surface area (Å²) in [5.41, 5.74) is 3.00. The quantitative estimate of drug-likeness (QED) is 0.373. The van der Waals surface area contributed by atoms with Gasteiger partial charge in [-0.05, 0) is 58.3 Å². The van der Waals surface area contributed by atoms with Gasteiger partial charge in [-0.3, -0.25) is 14.9 Å². The van der Waals surface area contributed by atoms with Crippen molar-refractivity contribution in [3.8, 4) is 16.9 Å². The summed E-state index contributed by atoms with van der Waals surface area (Å²) >= 11 is 6.11. The molecular formula is C25H28ClN3O4. The van der Waals surface area contributed by atoms with Crippen LogP contribution < -0.4 is 10.3 Å². The second kappa shape index (κ2) is 9.53. The summed E-state index contributed by atoms with van der Waals surface area (Å²) in [6.07, 6.45) is 4.32. The number of rotatable bonds is 6. The van der Waals surface area contributed by atoms with Crippen molar-refractivity contribution in [2.24, 2.45) is 0 Å². The minimum atomic E-state index is -0.524. The highest BCUT2D eigenvalue weighted by atomic mass is 35.5. The van der Waals surface area contributed by atoms with E-state index in [0.29, 0.717) is 34.9 Å². The van der Waals surface area contributed by atoms with Crippen LogP contribution in [0.4, 0.5) is 5.69 Å². The molecular weight excluding hydrogens is 442 g/mol. The Hall–Kier alpha value is -2.90. The zero-order chi connectivity index (χ0) is 23.7. The number of likely N-dealkylation sites (tertiary alicyclic amines) is 1.